The van der Waals surface area contributed by atoms with Gasteiger partial charge in [-0.25, -0.2) is 8.42 Å². The van der Waals surface area contributed by atoms with E-state index < -0.39 is 10.0 Å². The highest BCUT2D eigenvalue weighted by molar-refractivity contribution is 7.89. The number of rotatable bonds is 7. The van der Waals surface area contributed by atoms with Crippen LogP contribution in [0.4, 0.5) is 5.00 Å². The van der Waals surface area contributed by atoms with Crippen molar-refractivity contribution in [3.63, 3.8) is 0 Å². The van der Waals surface area contributed by atoms with Gasteiger partial charge in [0.25, 0.3) is 11.8 Å². The number of likely N-dealkylation sites (tertiary alicyclic amines) is 1. The zero-order valence-electron chi connectivity index (χ0n) is 22.4. The Morgan fingerprint density at radius 3 is 2.37 bits per heavy atom. The van der Waals surface area contributed by atoms with Crippen molar-refractivity contribution in [1.82, 2.24) is 14.1 Å². The molecular formula is C28H38N4O4S2. The van der Waals surface area contributed by atoms with Crippen LogP contribution < -0.4 is 5.32 Å². The second-order valence-corrected chi connectivity index (χ2v) is 13.8. The van der Waals surface area contributed by atoms with Gasteiger partial charge >= 0.3 is 0 Å². The van der Waals surface area contributed by atoms with Gasteiger partial charge in [-0.15, -0.1) is 11.3 Å². The number of anilines is 1. The molecule has 1 N–H and O–H groups in total. The van der Waals surface area contributed by atoms with Gasteiger partial charge in [-0.2, -0.15) is 4.31 Å². The number of thiophene rings is 1. The molecule has 2 aromatic rings. The third-order valence-corrected chi connectivity index (χ3v) is 11.1. The van der Waals surface area contributed by atoms with Crippen molar-refractivity contribution in [2.24, 2.45) is 5.92 Å². The van der Waals surface area contributed by atoms with Crippen molar-refractivity contribution >= 4 is 38.2 Å². The van der Waals surface area contributed by atoms with Crippen molar-refractivity contribution in [2.75, 3.05) is 44.6 Å². The van der Waals surface area contributed by atoms with Crippen LogP contribution in [0.1, 0.15) is 77.1 Å². The molecule has 2 amide bonds. The summed E-state index contributed by atoms with van der Waals surface area (Å²) in [5.74, 6) is 0.212. The van der Waals surface area contributed by atoms with Gasteiger partial charge in [-0.05, 0) is 80.8 Å². The molecule has 10 heteroatoms. The molecule has 4 heterocycles. The highest BCUT2D eigenvalue weighted by Gasteiger charge is 2.32. The summed E-state index contributed by atoms with van der Waals surface area (Å²) < 4.78 is 27.7. The number of fused-ring (bicyclic) bond motifs is 1. The Balaban J connectivity index is 1.36. The first kappa shape index (κ1) is 27.3. The Labute approximate surface area is 230 Å². The Morgan fingerprint density at radius 1 is 1.03 bits per heavy atom. The second-order valence-electron chi connectivity index (χ2n) is 10.8. The summed E-state index contributed by atoms with van der Waals surface area (Å²) in [5, 5.41) is 3.62. The summed E-state index contributed by atoms with van der Waals surface area (Å²) in [7, 11) is -3.58. The predicted octanol–water partition coefficient (Wildman–Crippen LogP) is 4.43. The maximum absolute atomic E-state index is 13.5. The van der Waals surface area contributed by atoms with Crippen molar-refractivity contribution in [3.05, 3.63) is 45.8 Å². The number of amides is 2. The average Bonchev–Trinajstić information content (AvgIpc) is 3.57. The van der Waals surface area contributed by atoms with Gasteiger partial charge in [0.15, 0.2) is 0 Å². The molecule has 38 heavy (non-hydrogen) atoms. The molecule has 5 rings (SSSR count). The summed E-state index contributed by atoms with van der Waals surface area (Å²) in [6.45, 7) is 9.60. The molecule has 0 radical (unpaired) electrons. The summed E-state index contributed by atoms with van der Waals surface area (Å²) in [6.07, 6.45) is 5.62. The van der Waals surface area contributed by atoms with E-state index in [1.807, 2.05) is 4.90 Å². The Kier molecular flexibility index (Phi) is 8.23. The van der Waals surface area contributed by atoms with Crippen molar-refractivity contribution in [1.29, 1.82) is 0 Å². The number of hydrogen-bond donors (Lipinski definition) is 1. The first-order valence-corrected chi connectivity index (χ1v) is 16.1. The van der Waals surface area contributed by atoms with E-state index in [0.717, 1.165) is 81.7 Å². The van der Waals surface area contributed by atoms with E-state index >= 15 is 0 Å². The second kappa shape index (κ2) is 11.5. The molecule has 0 bridgehead atoms. The van der Waals surface area contributed by atoms with Crippen molar-refractivity contribution < 1.29 is 18.0 Å². The molecule has 3 aliphatic rings. The summed E-state index contributed by atoms with van der Waals surface area (Å²) in [5.41, 5.74) is 2.09. The Hall–Kier alpha value is -2.27. The maximum Gasteiger partial charge on any atom is 0.257 e. The van der Waals surface area contributed by atoms with Crippen LogP contribution in [-0.2, 0) is 23.0 Å². The minimum Gasteiger partial charge on any atom is -0.339 e. The molecule has 3 aliphatic heterocycles. The molecule has 8 nitrogen and oxygen atoms in total. The van der Waals surface area contributed by atoms with Crippen LogP contribution in [0.3, 0.4) is 0 Å². The zero-order chi connectivity index (χ0) is 26.9. The lowest BCUT2D eigenvalue weighted by Gasteiger charge is -2.29. The SMILES string of the molecule is CCCN1CCc2c(sc(NC(=O)c3ccc(S(=O)(=O)N4CCC(C)CC4)cc3)c2C(=O)N2CCCC2)C1. The normalized spacial score (nSPS) is 19.5. The van der Waals surface area contributed by atoms with Crippen LogP contribution in [-0.4, -0.2) is 73.6 Å². The van der Waals surface area contributed by atoms with Crippen LogP contribution in [0.15, 0.2) is 29.2 Å². The van der Waals surface area contributed by atoms with E-state index in [0.29, 0.717) is 35.1 Å². The van der Waals surface area contributed by atoms with Gasteiger partial charge in [0, 0.05) is 49.7 Å². The van der Waals surface area contributed by atoms with Crippen LogP contribution in [0.25, 0.3) is 0 Å². The van der Waals surface area contributed by atoms with Crippen LogP contribution in [0.2, 0.25) is 0 Å². The van der Waals surface area contributed by atoms with Crippen LogP contribution >= 0.6 is 11.3 Å². The van der Waals surface area contributed by atoms with E-state index in [9.17, 15) is 18.0 Å². The van der Waals surface area contributed by atoms with Crippen LogP contribution in [0.5, 0.6) is 0 Å². The average molecular weight is 559 g/mol. The monoisotopic (exact) mass is 558 g/mol. The van der Waals surface area contributed by atoms with E-state index in [2.05, 4.69) is 24.1 Å². The number of carbonyl (C=O) groups excluding carboxylic acids is 2. The molecule has 0 saturated carbocycles. The smallest absolute Gasteiger partial charge is 0.257 e. The molecule has 0 atom stereocenters. The fraction of sp³-hybridized carbons (Fsp3) is 0.571. The fourth-order valence-corrected chi connectivity index (χ4v) is 8.43. The van der Waals surface area contributed by atoms with E-state index in [-0.39, 0.29) is 16.7 Å². The maximum atomic E-state index is 13.5. The molecule has 0 spiro atoms. The largest absolute Gasteiger partial charge is 0.339 e. The highest BCUT2D eigenvalue weighted by Crippen LogP contribution is 2.38. The molecule has 0 aliphatic carbocycles. The topological polar surface area (TPSA) is 90.0 Å². The lowest BCUT2D eigenvalue weighted by Crippen LogP contribution is -2.37. The fourth-order valence-electron chi connectivity index (χ4n) is 5.68. The van der Waals surface area contributed by atoms with Gasteiger partial charge in [0.2, 0.25) is 10.0 Å². The van der Waals surface area contributed by atoms with Gasteiger partial charge < -0.3 is 10.2 Å². The van der Waals surface area contributed by atoms with Crippen LogP contribution in [0, 0.1) is 5.92 Å². The van der Waals surface area contributed by atoms with Gasteiger partial charge in [-0.1, -0.05) is 13.8 Å². The van der Waals surface area contributed by atoms with E-state index in [1.54, 1.807) is 12.1 Å². The third kappa shape index (κ3) is 5.54. The number of benzene rings is 1. The molecule has 0 unspecified atom stereocenters. The zero-order valence-corrected chi connectivity index (χ0v) is 24.0. The first-order chi connectivity index (χ1) is 18.3. The number of sulfonamides is 1. The molecular weight excluding hydrogens is 520 g/mol. The van der Waals surface area contributed by atoms with Crippen molar-refractivity contribution in [2.45, 2.75) is 63.8 Å². The number of carbonyl (C=O) groups is 2. The quantitative estimate of drug-likeness (QED) is 0.543. The summed E-state index contributed by atoms with van der Waals surface area (Å²) >= 11 is 1.50. The third-order valence-electron chi connectivity index (χ3n) is 8.01. The standard InChI is InChI=1S/C28H38N4O4S2/c1-3-13-30-16-12-23-24(19-30)37-27(25(23)28(34)31-14-4-5-15-31)29-26(33)21-6-8-22(9-7-21)38(35,36)32-17-10-20(2)11-18-32/h6-9,20H,3-5,10-19H2,1-2H3,(H,29,33). The number of hydrogen-bond acceptors (Lipinski definition) is 6. The molecule has 206 valence electrons. The lowest BCUT2D eigenvalue weighted by atomic mass is 10.0. The van der Waals surface area contributed by atoms with E-state index in [4.69, 9.17) is 0 Å². The van der Waals surface area contributed by atoms with Gasteiger partial charge in [0.1, 0.15) is 5.00 Å². The number of piperidine rings is 1. The first-order valence-electron chi connectivity index (χ1n) is 13.9. The molecule has 2 saturated heterocycles. The highest BCUT2D eigenvalue weighted by atomic mass is 32.2. The molecule has 1 aromatic carbocycles. The minimum atomic E-state index is -3.58. The predicted molar refractivity (Wildman–Crippen MR) is 150 cm³/mol. The van der Waals surface area contributed by atoms with Crippen molar-refractivity contribution in [3.8, 4) is 0 Å². The van der Waals surface area contributed by atoms with Gasteiger partial charge in [0.05, 0.1) is 10.5 Å². The summed E-state index contributed by atoms with van der Waals surface area (Å²) in [4.78, 5) is 32.5. The van der Waals surface area contributed by atoms with E-state index in [1.165, 1.54) is 27.8 Å². The Morgan fingerprint density at radius 2 is 1.71 bits per heavy atom. The number of nitrogens with zero attached hydrogens (tertiary/aromatic N) is 3. The molecule has 1 aromatic heterocycles. The van der Waals surface area contributed by atoms with Gasteiger partial charge in [-0.3, -0.25) is 14.5 Å². The minimum absolute atomic E-state index is 0.0107. The number of nitrogens with one attached hydrogen (secondary N) is 1. The lowest BCUT2D eigenvalue weighted by molar-refractivity contribution is 0.0792. The Bertz CT molecular complexity index is 1270. The summed E-state index contributed by atoms with van der Waals surface area (Å²) in [6, 6.07) is 6.15. The molecule has 2 fully saturated rings.